The standard InChI is InChI=1S/C9H11OS.C2H6.Os/c1-2-9(10)7-4-3-5-8(11)6-7;1-2;/h4-6,9-11H,2H2,1H3;1-2H3;/q-1;;+1. The maximum atomic E-state index is 9.40. The second-order valence-electron chi connectivity index (χ2n) is 2.45. The Morgan fingerprint density at radius 1 is 1.43 bits per heavy atom. The number of aliphatic hydroxyl groups excluding tert-OH is 1. The fourth-order valence-electron chi connectivity index (χ4n) is 0.905. The largest absolute Gasteiger partial charge is 1.00 e. The molecular formula is C11H17OOsS. The minimum atomic E-state index is -0.377. The summed E-state index contributed by atoms with van der Waals surface area (Å²) < 4.78 is 0. The second kappa shape index (κ2) is 9.71. The third-order valence-electron chi connectivity index (χ3n) is 1.57. The summed E-state index contributed by atoms with van der Waals surface area (Å²) in [5, 5.41) is 9.40. The fourth-order valence-corrected chi connectivity index (χ4v) is 1.13. The van der Waals surface area contributed by atoms with Gasteiger partial charge in [-0.3, -0.25) is 0 Å². The Morgan fingerprint density at radius 3 is 2.43 bits per heavy atom. The molecule has 0 aliphatic rings. The van der Waals surface area contributed by atoms with Gasteiger partial charge in [0, 0.05) is 6.10 Å². The Balaban J connectivity index is 0. The second-order valence-corrected chi connectivity index (χ2v) is 2.96. The molecule has 1 aromatic carbocycles. The van der Waals surface area contributed by atoms with E-state index in [0.717, 1.165) is 16.9 Å². The van der Waals surface area contributed by atoms with Gasteiger partial charge in [-0.2, -0.15) is 24.3 Å². The van der Waals surface area contributed by atoms with E-state index in [1.165, 1.54) is 0 Å². The van der Waals surface area contributed by atoms with Gasteiger partial charge in [0.1, 0.15) is 0 Å². The van der Waals surface area contributed by atoms with Crippen LogP contribution in [0.25, 0.3) is 0 Å². The molecule has 1 unspecified atom stereocenters. The average Bonchev–Trinajstić information content (AvgIpc) is 2.20. The van der Waals surface area contributed by atoms with Crippen LogP contribution in [-0.2, 0) is 19.8 Å². The van der Waals surface area contributed by atoms with E-state index in [-0.39, 0.29) is 25.9 Å². The molecule has 1 aromatic rings. The van der Waals surface area contributed by atoms with Crippen molar-refractivity contribution >= 4 is 12.6 Å². The number of aliphatic hydroxyl groups is 1. The third kappa shape index (κ3) is 5.80. The summed E-state index contributed by atoms with van der Waals surface area (Å²) in [4.78, 5) is 0.843. The average molecular weight is 388 g/mol. The maximum absolute atomic E-state index is 9.40. The normalized spacial score (nSPS) is 10.6. The quantitative estimate of drug-likeness (QED) is 0.590. The van der Waals surface area contributed by atoms with Gasteiger partial charge in [-0.05, 0) is 6.42 Å². The number of rotatable bonds is 2. The number of benzene rings is 1. The predicted molar refractivity (Wildman–Crippen MR) is 59.1 cm³/mol. The van der Waals surface area contributed by atoms with Gasteiger partial charge in [0.25, 0.3) is 0 Å². The van der Waals surface area contributed by atoms with E-state index in [0.29, 0.717) is 0 Å². The molecule has 81 valence electrons. The van der Waals surface area contributed by atoms with E-state index in [1.54, 1.807) is 12.1 Å². The molecular weight excluding hydrogens is 370 g/mol. The summed E-state index contributed by atoms with van der Waals surface area (Å²) in [6.07, 6.45) is 0.351. The van der Waals surface area contributed by atoms with Gasteiger partial charge in [0.05, 0.1) is 0 Å². The van der Waals surface area contributed by atoms with Crippen LogP contribution in [0.15, 0.2) is 23.1 Å². The molecule has 0 saturated carbocycles. The van der Waals surface area contributed by atoms with Gasteiger partial charge < -0.3 is 5.11 Å². The molecule has 0 aliphatic heterocycles. The van der Waals surface area contributed by atoms with Crippen molar-refractivity contribution in [2.24, 2.45) is 0 Å². The summed E-state index contributed by atoms with van der Waals surface area (Å²) in [6.45, 7) is 5.94. The van der Waals surface area contributed by atoms with Crippen molar-refractivity contribution in [2.75, 3.05) is 0 Å². The fraction of sp³-hybridized carbons (Fsp3) is 0.455. The van der Waals surface area contributed by atoms with Crippen molar-refractivity contribution in [3.63, 3.8) is 0 Å². The van der Waals surface area contributed by atoms with Crippen LogP contribution in [0.4, 0.5) is 0 Å². The van der Waals surface area contributed by atoms with Crippen molar-refractivity contribution in [3.05, 3.63) is 29.8 Å². The Bertz CT molecular complexity index is 240. The van der Waals surface area contributed by atoms with Gasteiger partial charge in [0.15, 0.2) is 0 Å². The molecule has 3 heteroatoms. The van der Waals surface area contributed by atoms with Crippen LogP contribution in [0.2, 0.25) is 0 Å². The van der Waals surface area contributed by atoms with E-state index in [9.17, 15) is 5.11 Å². The van der Waals surface area contributed by atoms with Crippen LogP contribution in [0.3, 0.4) is 0 Å². The van der Waals surface area contributed by atoms with Crippen LogP contribution in [0, 0.1) is 6.07 Å². The third-order valence-corrected chi connectivity index (χ3v) is 1.83. The Hall–Kier alpha value is 0.166. The van der Waals surface area contributed by atoms with Crippen LogP contribution in [0.1, 0.15) is 38.9 Å². The van der Waals surface area contributed by atoms with Crippen molar-refractivity contribution in [3.8, 4) is 0 Å². The van der Waals surface area contributed by atoms with E-state index >= 15 is 0 Å². The van der Waals surface area contributed by atoms with Gasteiger partial charge in [0.2, 0.25) is 0 Å². The zero-order valence-corrected chi connectivity index (χ0v) is 12.2. The van der Waals surface area contributed by atoms with Crippen molar-refractivity contribution in [1.82, 2.24) is 0 Å². The van der Waals surface area contributed by atoms with Crippen molar-refractivity contribution < 1.29 is 24.9 Å². The van der Waals surface area contributed by atoms with E-state index < -0.39 is 0 Å². The molecule has 1 atom stereocenters. The van der Waals surface area contributed by atoms with Gasteiger partial charge in [-0.1, -0.05) is 20.8 Å². The zero-order chi connectivity index (χ0) is 10.3. The molecule has 1 radical (unpaired) electrons. The maximum Gasteiger partial charge on any atom is 1.00 e. The predicted octanol–water partition coefficient (Wildman–Crippen LogP) is 3.24. The summed E-state index contributed by atoms with van der Waals surface area (Å²) in [5.41, 5.74) is 0.889. The summed E-state index contributed by atoms with van der Waals surface area (Å²) in [6, 6.07) is 8.32. The Kier molecular flexibility index (Phi) is 11.5. The first-order valence-corrected chi connectivity index (χ1v) is 5.07. The Morgan fingerprint density at radius 2 is 2.00 bits per heavy atom. The summed E-state index contributed by atoms with van der Waals surface area (Å²) in [5.74, 6) is 0. The topological polar surface area (TPSA) is 20.2 Å². The zero-order valence-electron chi connectivity index (χ0n) is 8.76. The smallest absolute Gasteiger partial charge is 0.401 e. The van der Waals surface area contributed by atoms with E-state index in [4.69, 9.17) is 0 Å². The minimum absolute atomic E-state index is 0. The summed E-state index contributed by atoms with van der Waals surface area (Å²) in [7, 11) is 0. The molecule has 1 nitrogen and oxygen atoms in total. The number of hydrogen-bond donors (Lipinski definition) is 2. The van der Waals surface area contributed by atoms with Crippen LogP contribution in [0.5, 0.6) is 0 Å². The van der Waals surface area contributed by atoms with E-state index in [1.807, 2.05) is 26.8 Å². The van der Waals surface area contributed by atoms with Crippen molar-refractivity contribution in [1.29, 1.82) is 0 Å². The SMILES string of the molecule is CC.CCC(O)c1c[c-]cc(S)c1.[Os+]. The Labute approximate surface area is 105 Å². The molecule has 0 saturated heterocycles. The molecule has 0 spiro atoms. The monoisotopic (exact) mass is 389 g/mol. The molecule has 0 fully saturated rings. The van der Waals surface area contributed by atoms with Gasteiger partial charge >= 0.3 is 19.8 Å². The first kappa shape index (κ1) is 16.6. The van der Waals surface area contributed by atoms with Crippen LogP contribution >= 0.6 is 12.6 Å². The minimum Gasteiger partial charge on any atom is -0.401 e. The molecule has 0 bridgehead atoms. The molecule has 0 amide bonds. The molecule has 1 rings (SSSR count). The van der Waals surface area contributed by atoms with E-state index in [2.05, 4.69) is 18.7 Å². The van der Waals surface area contributed by atoms with Crippen LogP contribution < -0.4 is 0 Å². The molecule has 0 aliphatic carbocycles. The number of thiol groups is 1. The van der Waals surface area contributed by atoms with Gasteiger partial charge in [-0.25, -0.2) is 12.6 Å². The molecule has 14 heavy (non-hydrogen) atoms. The van der Waals surface area contributed by atoms with Gasteiger partial charge in [-0.15, -0.1) is 10.5 Å². The first-order chi connectivity index (χ1) is 6.24. The van der Waals surface area contributed by atoms with Crippen LogP contribution in [-0.4, -0.2) is 5.11 Å². The number of hydrogen-bond acceptors (Lipinski definition) is 2. The molecule has 0 aromatic heterocycles. The molecule has 0 heterocycles. The summed E-state index contributed by atoms with van der Waals surface area (Å²) >= 11 is 4.15. The first-order valence-electron chi connectivity index (χ1n) is 4.62. The molecule has 1 N–H and O–H groups in total. The van der Waals surface area contributed by atoms with Crippen molar-refractivity contribution in [2.45, 2.75) is 38.2 Å².